The molecule has 0 radical (unpaired) electrons. The van der Waals surface area contributed by atoms with Crippen LogP contribution in [0.15, 0.2) is 36.5 Å². The van der Waals surface area contributed by atoms with E-state index in [1.807, 2.05) is 0 Å². The lowest BCUT2D eigenvalue weighted by Crippen LogP contribution is -1.99. The van der Waals surface area contributed by atoms with Crippen molar-refractivity contribution in [1.82, 2.24) is 4.98 Å². The molecular weight excluding hydrogens is 259 g/mol. The maximum Gasteiger partial charge on any atom is 0.180 e. The van der Waals surface area contributed by atoms with Crippen LogP contribution in [0.1, 0.15) is 29.4 Å². The summed E-state index contributed by atoms with van der Waals surface area (Å²) >= 11 is 0. The standard InChI is InChI=1S/C15H11FN2O2/c1-2-15(19)14-6-5-12(9-18-14)20-11-4-3-10(8-17)13(16)7-11/h3-7,9H,2H2,1H3. The third-order valence-electron chi connectivity index (χ3n) is 2.64. The van der Waals surface area contributed by atoms with Gasteiger partial charge < -0.3 is 4.74 Å². The minimum atomic E-state index is -0.643. The van der Waals surface area contributed by atoms with Crippen LogP contribution in [-0.4, -0.2) is 10.8 Å². The molecule has 1 heterocycles. The van der Waals surface area contributed by atoms with E-state index < -0.39 is 5.82 Å². The molecule has 0 saturated carbocycles. The maximum absolute atomic E-state index is 13.4. The fourth-order valence-electron chi connectivity index (χ4n) is 1.57. The van der Waals surface area contributed by atoms with Crippen LogP contribution >= 0.6 is 0 Å². The Bertz CT molecular complexity index is 675. The van der Waals surface area contributed by atoms with Crippen molar-refractivity contribution < 1.29 is 13.9 Å². The van der Waals surface area contributed by atoms with Crippen LogP contribution in [0, 0.1) is 17.1 Å². The minimum Gasteiger partial charge on any atom is -0.456 e. The summed E-state index contributed by atoms with van der Waals surface area (Å²) in [4.78, 5) is 15.4. The molecule has 0 bridgehead atoms. The van der Waals surface area contributed by atoms with Gasteiger partial charge in [-0.2, -0.15) is 5.26 Å². The number of ketones is 1. The zero-order valence-corrected chi connectivity index (χ0v) is 10.8. The van der Waals surface area contributed by atoms with Crippen molar-refractivity contribution in [3.63, 3.8) is 0 Å². The second-order valence-electron chi connectivity index (χ2n) is 4.01. The Balaban J connectivity index is 2.16. The topological polar surface area (TPSA) is 63.0 Å². The summed E-state index contributed by atoms with van der Waals surface area (Å²) in [6.07, 6.45) is 1.78. The molecule has 0 saturated heterocycles. The first-order chi connectivity index (χ1) is 9.63. The van der Waals surface area contributed by atoms with Crippen LogP contribution < -0.4 is 4.74 Å². The number of nitriles is 1. The third kappa shape index (κ3) is 2.98. The summed E-state index contributed by atoms with van der Waals surface area (Å²) in [6.45, 7) is 1.76. The molecule has 0 aliphatic carbocycles. The summed E-state index contributed by atoms with van der Waals surface area (Å²) < 4.78 is 18.8. The first-order valence-corrected chi connectivity index (χ1v) is 6.00. The van der Waals surface area contributed by atoms with Gasteiger partial charge in [0.15, 0.2) is 5.78 Å². The van der Waals surface area contributed by atoms with Gasteiger partial charge in [0.25, 0.3) is 0 Å². The fraction of sp³-hybridized carbons (Fsp3) is 0.133. The number of rotatable bonds is 4. The van der Waals surface area contributed by atoms with Gasteiger partial charge in [-0.1, -0.05) is 6.92 Å². The van der Waals surface area contributed by atoms with Crippen LogP contribution in [-0.2, 0) is 0 Å². The van der Waals surface area contributed by atoms with Gasteiger partial charge in [-0.25, -0.2) is 9.37 Å². The predicted molar refractivity (Wildman–Crippen MR) is 70.0 cm³/mol. The van der Waals surface area contributed by atoms with Gasteiger partial charge >= 0.3 is 0 Å². The molecule has 0 aliphatic rings. The van der Waals surface area contributed by atoms with E-state index in [2.05, 4.69) is 4.98 Å². The minimum absolute atomic E-state index is 0.0423. The van der Waals surface area contributed by atoms with E-state index in [9.17, 15) is 9.18 Å². The van der Waals surface area contributed by atoms with Crippen LogP contribution in [0.4, 0.5) is 4.39 Å². The summed E-state index contributed by atoms with van der Waals surface area (Å²) in [5.74, 6) is -0.0451. The number of ether oxygens (including phenoxy) is 1. The molecule has 2 rings (SSSR count). The zero-order chi connectivity index (χ0) is 14.5. The lowest BCUT2D eigenvalue weighted by atomic mass is 10.2. The molecule has 0 N–H and O–H groups in total. The summed E-state index contributed by atoms with van der Waals surface area (Å²) in [6, 6.07) is 8.84. The highest BCUT2D eigenvalue weighted by molar-refractivity contribution is 5.93. The zero-order valence-electron chi connectivity index (χ0n) is 10.8. The van der Waals surface area contributed by atoms with Crippen molar-refractivity contribution in [2.75, 3.05) is 0 Å². The third-order valence-corrected chi connectivity index (χ3v) is 2.64. The Hall–Kier alpha value is -2.74. The number of carbonyl (C=O) groups excluding carboxylic acids is 1. The van der Waals surface area contributed by atoms with Crippen molar-refractivity contribution in [1.29, 1.82) is 5.26 Å². The van der Waals surface area contributed by atoms with E-state index in [1.165, 1.54) is 18.3 Å². The molecule has 100 valence electrons. The molecule has 2 aromatic rings. The normalized spacial score (nSPS) is 9.85. The van der Waals surface area contributed by atoms with Crippen LogP contribution in [0.2, 0.25) is 0 Å². The van der Waals surface area contributed by atoms with E-state index in [1.54, 1.807) is 25.1 Å². The highest BCUT2D eigenvalue weighted by Gasteiger charge is 2.07. The fourth-order valence-corrected chi connectivity index (χ4v) is 1.57. The Labute approximate surface area is 115 Å². The number of aromatic nitrogens is 1. The molecule has 0 fully saturated rings. The van der Waals surface area contributed by atoms with Gasteiger partial charge in [-0.3, -0.25) is 4.79 Å². The molecule has 4 nitrogen and oxygen atoms in total. The van der Waals surface area contributed by atoms with E-state index in [-0.39, 0.29) is 17.1 Å². The summed E-state index contributed by atoms with van der Waals surface area (Å²) in [7, 11) is 0. The molecule has 0 atom stereocenters. The van der Waals surface area contributed by atoms with Crippen molar-refractivity contribution in [3.8, 4) is 17.6 Å². The lowest BCUT2D eigenvalue weighted by molar-refractivity contribution is 0.0983. The number of carbonyl (C=O) groups is 1. The van der Waals surface area contributed by atoms with Gasteiger partial charge in [-0.15, -0.1) is 0 Å². The molecule has 1 aromatic heterocycles. The van der Waals surface area contributed by atoms with E-state index >= 15 is 0 Å². The Morgan fingerprint density at radius 2 is 2.10 bits per heavy atom. The predicted octanol–water partition coefficient (Wildman–Crippen LogP) is 3.48. The second kappa shape index (κ2) is 5.93. The first kappa shape index (κ1) is 13.7. The number of Topliss-reactive ketones (excluding diaryl/α,β-unsaturated/α-hetero) is 1. The Morgan fingerprint density at radius 3 is 2.65 bits per heavy atom. The Morgan fingerprint density at radius 1 is 1.35 bits per heavy atom. The van der Waals surface area contributed by atoms with Gasteiger partial charge in [0, 0.05) is 12.5 Å². The molecule has 0 spiro atoms. The number of halogens is 1. The van der Waals surface area contributed by atoms with Crippen molar-refractivity contribution >= 4 is 5.78 Å². The quantitative estimate of drug-likeness (QED) is 0.798. The smallest absolute Gasteiger partial charge is 0.180 e. The monoisotopic (exact) mass is 270 g/mol. The largest absolute Gasteiger partial charge is 0.456 e. The molecule has 1 aromatic carbocycles. The molecule has 0 unspecified atom stereocenters. The summed E-state index contributed by atoms with van der Waals surface area (Å²) in [5, 5.41) is 8.63. The number of benzene rings is 1. The highest BCUT2D eigenvalue weighted by atomic mass is 19.1. The molecule has 0 aliphatic heterocycles. The average molecular weight is 270 g/mol. The van der Waals surface area contributed by atoms with Crippen molar-refractivity contribution in [2.45, 2.75) is 13.3 Å². The van der Waals surface area contributed by atoms with Crippen LogP contribution in [0.3, 0.4) is 0 Å². The molecule has 0 amide bonds. The van der Waals surface area contributed by atoms with Gasteiger partial charge in [0.05, 0.1) is 11.8 Å². The van der Waals surface area contributed by atoms with E-state index in [4.69, 9.17) is 10.00 Å². The highest BCUT2D eigenvalue weighted by Crippen LogP contribution is 2.23. The second-order valence-corrected chi connectivity index (χ2v) is 4.01. The number of hydrogen-bond donors (Lipinski definition) is 0. The van der Waals surface area contributed by atoms with Crippen molar-refractivity contribution in [2.24, 2.45) is 0 Å². The van der Waals surface area contributed by atoms with Gasteiger partial charge in [-0.05, 0) is 24.3 Å². The summed E-state index contributed by atoms with van der Waals surface area (Å²) in [5.41, 5.74) is 0.324. The SMILES string of the molecule is CCC(=O)c1ccc(Oc2ccc(C#N)c(F)c2)cn1. The number of pyridine rings is 1. The van der Waals surface area contributed by atoms with E-state index in [0.29, 0.717) is 17.9 Å². The molecule has 5 heteroatoms. The van der Waals surface area contributed by atoms with E-state index in [0.717, 1.165) is 6.07 Å². The number of nitrogens with zero attached hydrogens (tertiary/aromatic N) is 2. The molecular formula is C15H11FN2O2. The van der Waals surface area contributed by atoms with Crippen LogP contribution in [0.5, 0.6) is 11.5 Å². The average Bonchev–Trinajstić information content (AvgIpc) is 2.47. The Kier molecular flexibility index (Phi) is 4.06. The molecule has 20 heavy (non-hydrogen) atoms. The van der Waals surface area contributed by atoms with Crippen molar-refractivity contribution in [3.05, 3.63) is 53.6 Å². The maximum atomic E-state index is 13.4. The lowest BCUT2D eigenvalue weighted by Gasteiger charge is -2.06. The number of hydrogen-bond acceptors (Lipinski definition) is 4. The first-order valence-electron chi connectivity index (χ1n) is 6.00. The van der Waals surface area contributed by atoms with Crippen LogP contribution in [0.25, 0.3) is 0 Å². The van der Waals surface area contributed by atoms with Gasteiger partial charge in [0.2, 0.25) is 0 Å². The van der Waals surface area contributed by atoms with Gasteiger partial charge in [0.1, 0.15) is 29.1 Å².